The molecule has 0 aromatic carbocycles. The van der Waals surface area contributed by atoms with E-state index in [1.165, 1.54) is 12.8 Å². The zero-order valence-electron chi connectivity index (χ0n) is 14.6. The summed E-state index contributed by atoms with van der Waals surface area (Å²) in [7, 11) is 0. The van der Waals surface area contributed by atoms with Crippen LogP contribution in [0.5, 0.6) is 0 Å². The van der Waals surface area contributed by atoms with Crippen LogP contribution in [0.2, 0.25) is 0 Å². The van der Waals surface area contributed by atoms with Crippen molar-refractivity contribution < 1.29 is 9.59 Å². The fourth-order valence-corrected chi connectivity index (χ4v) is 4.24. The van der Waals surface area contributed by atoms with Crippen molar-refractivity contribution in [2.75, 3.05) is 26.2 Å². The van der Waals surface area contributed by atoms with Crippen molar-refractivity contribution in [3.8, 4) is 0 Å². The van der Waals surface area contributed by atoms with Crippen LogP contribution in [0.15, 0.2) is 6.33 Å². The molecule has 2 amide bonds. The number of hydrogen-bond acceptors (Lipinski definition) is 5. The number of likely N-dealkylation sites (tertiary alicyclic amines) is 2. The van der Waals surface area contributed by atoms with Crippen LogP contribution < -0.4 is 0 Å². The van der Waals surface area contributed by atoms with Crippen LogP contribution in [0.1, 0.15) is 44.9 Å². The third-order valence-corrected chi connectivity index (χ3v) is 5.88. The molecule has 8 nitrogen and oxygen atoms in total. The first-order valence-electron chi connectivity index (χ1n) is 9.44. The molecule has 3 fully saturated rings. The van der Waals surface area contributed by atoms with Gasteiger partial charge in [-0.15, -0.1) is 5.10 Å². The lowest BCUT2D eigenvalue weighted by Gasteiger charge is -2.39. The highest BCUT2D eigenvalue weighted by Gasteiger charge is 2.49. The minimum Gasteiger partial charge on any atom is -0.342 e. The highest BCUT2D eigenvalue weighted by atomic mass is 16.2. The van der Waals surface area contributed by atoms with Gasteiger partial charge in [0.1, 0.15) is 6.33 Å². The van der Waals surface area contributed by atoms with Gasteiger partial charge in [-0.2, -0.15) is 0 Å². The second kappa shape index (κ2) is 6.72. The molecular formula is C17H26N6O2. The number of rotatable bonds is 6. The van der Waals surface area contributed by atoms with E-state index in [0.717, 1.165) is 44.7 Å². The molecule has 1 saturated carbocycles. The summed E-state index contributed by atoms with van der Waals surface area (Å²) in [5.74, 6) is 1.18. The van der Waals surface area contributed by atoms with Gasteiger partial charge >= 0.3 is 0 Å². The fourth-order valence-electron chi connectivity index (χ4n) is 4.24. The molecule has 1 aromatic rings. The second-order valence-corrected chi connectivity index (χ2v) is 7.82. The normalized spacial score (nSPS) is 26.6. The molecule has 1 spiro atoms. The maximum absolute atomic E-state index is 13.0. The van der Waals surface area contributed by atoms with Gasteiger partial charge in [0.05, 0.1) is 5.41 Å². The molecule has 1 unspecified atom stereocenters. The third kappa shape index (κ3) is 3.52. The molecule has 0 N–H and O–H groups in total. The van der Waals surface area contributed by atoms with Gasteiger partial charge in [-0.25, -0.2) is 4.68 Å². The van der Waals surface area contributed by atoms with Gasteiger partial charge in [-0.1, -0.05) is 0 Å². The summed E-state index contributed by atoms with van der Waals surface area (Å²) < 4.78 is 1.64. The molecule has 1 aliphatic carbocycles. The molecule has 25 heavy (non-hydrogen) atoms. The Bertz CT molecular complexity index is 629. The van der Waals surface area contributed by atoms with Crippen molar-refractivity contribution >= 4 is 11.8 Å². The predicted molar refractivity (Wildman–Crippen MR) is 89.2 cm³/mol. The highest BCUT2D eigenvalue weighted by Crippen LogP contribution is 2.41. The Morgan fingerprint density at radius 3 is 2.92 bits per heavy atom. The van der Waals surface area contributed by atoms with Crippen LogP contribution in [0.25, 0.3) is 0 Å². The monoisotopic (exact) mass is 346 g/mol. The summed E-state index contributed by atoms with van der Waals surface area (Å²) in [4.78, 5) is 29.5. The number of aromatic nitrogens is 4. The van der Waals surface area contributed by atoms with Crippen LogP contribution >= 0.6 is 0 Å². The average Bonchev–Trinajstić information content (AvgIpc) is 3.10. The standard InChI is InChI=1S/C17H26N6O2/c24-15(3-1-9-23-13-18-19-20-23)22-10-7-17(12-22)6-2-8-21(16(17)25)11-14-4-5-14/h13-14H,1-12H2. The minimum atomic E-state index is -0.307. The van der Waals surface area contributed by atoms with Gasteiger partial charge in [0.15, 0.2) is 0 Å². The SMILES string of the molecule is O=C(CCCn1cnnn1)N1CCC2(CCCN(CC3CC3)C2=O)C1. The first-order valence-corrected chi connectivity index (χ1v) is 9.44. The fraction of sp³-hybridized carbons (Fsp3) is 0.824. The predicted octanol–water partition coefficient (Wildman–Crippen LogP) is 0.704. The van der Waals surface area contributed by atoms with E-state index >= 15 is 0 Å². The lowest BCUT2D eigenvalue weighted by molar-refractivity contribution is -0.146. The van der Waals surface area contributed by atoms with E-state index in [1.807, 2.05) is 4.90 Å². The summed E-state index contributed by atoms with van der Waals surface area (Å²) in [6, 6.07) is 0. The number of hydrogen-bond donors (Lipinski definition) is 0. The molecule has 4 rings (SSSR count). The second-order valence-electron chi connectivity index (χ2n) is 7.82. The summed E-state index contributed by atoms with van der Waals surface area (Å²) in [6.45, 7) is 3.80. The molecule has 2 aliphatic heterocycles. The molecular weight excluding hydrogens is 320 g/mol. The zero-order chi connectivity index (χ0) is 17.3. The van der Waals surface area contributed by atoms with Crippen molar-refractivity contribution in [3.63, 3.8) is 0 Å². The third-order valence-electron chi connectivity index (χ3n) is 5.88. The molecule has 0 radical (unpaired) electrons. The van der Waals surface area contributed by atoms with E-state index in [0.29, 0.717) is 32.0 Å². The van der Waals surface area contributed by atoms with Crippen molar-refractivity contribution in [2.24, 2.45) is 11.3 Å². The quantitative estimate of drug-likeness (QED) is 0.757. The van der Waals surface area contributed by atoms with E-state index in [-0.39, 0.29) is 11.3 Å². The van der Waals surface area contributed by atoms with Crippen LogP contribution in [-0.4, -0.2) is 68.0 Å². The van der Waals surface area contributed by atoms with Gasteiger partial charge in [0, 0.05) is 39.1 Å². The maximum Gasteiger partial charge on any atom is 0.230 e. The Morgan fingerprint density at radius 2 is 2.16 bits per heavy atom. The van der Waals surface area contributed by atoms with Crippen LogP contribution in [-0.2, 0) is 16.1 Å². The van der Waals surface area contributed by atoms with Crippen molar-refractivity contribution in [2.45, 2.75) is 51.5 Å². The number of amides is 2. The molecule has 3 heterocycles. The van der Waals surface area contributed by atoms with E-state index in [1.54, 1.807) is 11.0 Å². The maximum atomic E-state index is 13.0. The number of carbonyl (C=O) groups is 2. The number of tetrazole rings is 1. The molecule has 136 valence electrons. The lowest BCUT2D eigenvalue weighted by Crippen LogP contribution is -2.50. The summed E-state index contributed by atoms with van der Waals surface area (Å²) in [5, 5.41) is 11.0. The van der Waals surface area contributed by atoms with Gasteiger partial charge < -0.3 is 9.80 Å². The van der Waals surface area contributed by atoms with Crippen LogP contribution in [0, 0.1) is 11.3 Å². The van der Waals surface area contributed by atoms with Crippen molar-refractivity contribution in [3.05, 3.63) is 6.33 Å². The first-order chi connectivity index (χ1) is 12.2. The van der Waals surface area contributed by atoms with E-state index in [2.05, 4.69) is 20.4 Å². The van der Waals surface area contributed by atoms with Crippen LogP contribution in [0.3, 0.4) is 0 Å². The van der Waals surface area contributed by atoms with Crippen molar-refractivity contribution in [1.82, 2.24) is 30.0 Å². The first kappa shape index (κ1) is 16.5. The molecule has 2 saturated heterocycles. The number of carbonyl (C=O) groups excluding carboxylic acids is 2. The largest absolute Gasteiger partial charge is 0.342 e. The zero-order valence-corrected chi connectivity index (χ0v) is 14.6. The molecule has 1 atom stereocenters. The Balaban J connectivity index is 1.30. The van der Waals surface area contributed by atoms with Gasteiger partial charge in [0.25, 0.3) is 0 Å². The Hall–Kier alpha value is -1.99. The summed E-state index contributed by atoms with van der Waals surface area (Å²) >= 11 is 0. The topological polar surface area (TPSA) is 84.2 Å². The van der Waals surface area contributed by atoms with E-state index in [4.69, 9.17) is 0 Å². The number of nitrogens with zero attached hydrogens (tertiary/aromatic N) is 6. The Labute approximate surface area is 147 Å². The van der Waals surface area contributed by atoms with Crippen LogP contribution in [0.4, 0.5) is 0 Å². The molecule has 0 bridgehead atoms. The van der Waals surface area contributed by atoms with Gasteiger partial charge in [-0.3, -0.25) is 9.59 Å². The number of aryl methyl sites for hydroxylation is 1. The summed E-state index contributed by atoms with van der Waals surface area (Å²) in [6.07, 6.45) is 8.12. The number of piperidine rings is 1. The van der Waals surface area contributed by atoms with Crippen molar-refractivity contribution in [1.29, 1.82) is 0 Å². The van der Waals surface area contributed by atoms with Gasteiger partial charge in [0.2, 0.25) is 11.8 Å². The summed E-state index contributed by atoms with van der Waals surface area (Å²) in [5.41, 5.74) is -0.307. The van der Waals surface area contributed by atoms with E-state index < -0.39 is 0 Å². The smallest absolute Gasteiger partial charge is 0.230 e. The minimum absolute atomic E-state index is 0.150. The average molecular weight is 346 g/mol. The highest BCUT2D eigenvalue weighted by molar-refractivity contribution is 5.86. The Morgan fingerprint density at radius 1 is 1.28 bits per heavy atom. The Kier molecular flexibility index (Phi) is 4.43. The molecule has 1 aromatic heterocycles. The van der Waals surface area contributed by atoms with E-state index in [9.17, 15) is 9.59 Å². The van der Waals surface area contributed by atoms with Gasteiger partial charge in [-0.05, 0) is 54.9 Å². The molecule has 8 heteroatoms. The molecule has 3 aliphatic rings. The lowest BCUT2D eigenvalue weighted by atomic mass is 9.78.